The molecule has 0 rings (SSSR count). The SMILES string of the molecule is CC\C=C/C=C\C=C/C=C\C=C/CCCCCC(=O)OC(COC(=O)CCCC/C=C\C/C=C\C/C=C\CC)COC(=O)CCCCC/C=C\C/C=C\C/C=C\C/C=C\CC. The van der Waals surface area contributed by atoms with Gasteiger partial charge in [0.2, 0.25) is 0 Å². The predicted molar refractivity (Wildman–Crippen MR) is 260 cm³/mol. The van der Waals surface area contributed by atoms with Crippen molar-refractivity contribution in [3.63, 3.8) is 0 Å². The molecule has 61 heavy (non-hydrogen) atoms. The highest BCUT2D eigenvalue weighted by atomic mass is 16.6. The lowest BCUT2D eigenvalue weighted by Gasteiger charge is -2.18. The molecule has 1 atom stereocenters. The largest absolute Gasteiger partial charge is 0.462 e. The van der Waals surface area contributed by atoms with Crippen molar-refractivity contribution in [3.05, 3.63) is 146 Å². The molecular formula is C55H82O6. The van der Waals surface area contributed by atoms with E-state index >= 15 is 0 Å². The first-order chi connectivity index (χ1) is 30.0. The summed E-state index contributed by atoms with van der Waals surface area (Å²) in [5.74, 6) is -1.06. The highest BCUT2D eigenvalue weighted by Crippen LogP contribution is 2.10. The van der Waals surface area contributed by atoms with Crippen molar-refractivity contribution >= 4 is 17.9 Å². The number of unbranched alkanes of at least 4 members (excludes halogenated alkanes) is 8. The summed E-state index contributed by atoms with van der Waals surface area (Å²) in [7, 11) is 0. The molecule has 0 heterocycles. The molecule has 0 aromatic heterocycles. The summed E-state index contributed by atoms with van der Waals surface area (Å²) >= 11 is 0. The number of carbonyl (C=O) groups excluding carboxylic acids is 3. The van der Waals surface area contributed by atoms with Crippen LogP contribution < -0.4 is 0 Å². The lowest BCUT2D eigenvalue weighted by molar-refractivity contribution is -0.167. The Balaban J connectivity index is 4.62. The number of carbonyl (C=O) groups is 3. The number of ether oxygens (including phenoxy) is 3. The van der Waals surface area contributed by atoms with Crippen LogP contribution in [0.4, 0.5) is 0 Å². The van der Waals surface area contributed by atoms with Crippen LogP contribution in [-0.2, 0) is 28.6 Å². The maximum atomic E-state index is 12.7. The third kappa shape index (κ3) is 46.2. The number of rotatable bonds is 39. The molecule has 0 N–H and O–H groups in total. The molecule has 0 aliphatic heterocycles. The molecule has 0 aliphatic rings. The quantitative estimate of drug-likeness (QED) is 0.0202. The Morgan fingerprint density at radius 2 is 0.672 bits per heavy atom. The summed E-state index contributed by atoms with van der Waals surface area (Å²) in [4.78, 5) is 37.8. The van der Waals surface area contributed by atoms with E-state index in [0.717, 1.165) is 109 Å². The number of hydrogen-bond donors (Lipinski definition) is 0. The zero-order chi connectivity index (χ0) is 44.4. The molecule has 6 heteroatoms. The van der Waals surface area contributed by atoms with E-state index in [1.165, 1.54) is 0 Å². The summed E-state index contributed by atoms with van der Waals surface area (Å²) in [5.41, 5.74) is 0. The Labute approximate surface area is 372 Å². The normalized spacial score (nSPS) is 13.4. The van der Waals surface area contributed by atoms with Crippen LogP contribution in [0, 0.1) is 0 Å². The Kier molecular flexibility index (Phi) is 44.3. The van der Waals surface area contributed by atoms with Gasteiger partial charge in [0.25, 0.3) is 0 Å². The van der Waals surface area contributed by atoms with Gasteiger partial charge in [0.15, 0.2) is 6.10 Å². The van der Waals surface area contributed by atoms with Crippen molar-refractivity contribution in [2.45, 2.75) is 168 Å². The van der Waals surface area contributed by atoms with Gasteiger partial charge in [0, 0.05) is 19.3 Å². The van der Waals surface area contributed by atoms with Crippen LogP contribution in [0.3, 0.4) is 0 Å². The van der Waals surface area contributed by atoms with Gasteiger partial charge in [-0.1, -0.05) is 179 Å². The first-order valence-corrected chi connectivity index (χ1v) is 23.4. The highest BCUT2D eigenvalue weighted by molar-refractivity contribution is 5.71. The topological polar surface area (TPSA) is 78.9 Å². The second kappa shape index (κ2) is 48.0. The zero-order valence-corrected chi connectivity index (χ0v) is 38.4. The summed E-state index contributed by atoms with van der Waals surface area (Å²) < 4.78 is 16.6. The van der Waals surface area contributed by atoms with Crippen LogP contribution in [0.2, 0.25) is 0 Å². The molecule has 6 nitrogen and oxygen atoms in total. The molecule has 0 saturated heterocycles. The average Bonchev–Trinajstić information content (AvgIpc) is 3.26. The minimum Gasteiger partial charge on any atom is -0.462 e. The maximum absolute atomic E-state index is 12.7. The fraction of sp³-hybridized carbons (Fsp3) is 0.509. The van der Waals surface area contributed by atoms with Gasteiger partial charge in [-0.3, -0.25) is 14.4 Å². The summed E-state index contributed by atoms with van der Waals surface area (Å²) in [6, 6.07) is 0. The number of hydrogen-bond acceptors (Lipinski definition) is 6. The Morgan fingerprint density at radius 3 is 1.11 bits per heavy atom. The lowest BCUT2D eigenvalue weighted by Crippen LogP contribution is -2.30. The summed E-state index contributed by atoms with van der Waals surface area (Å²) in [5, 5.41) is 0. The second-order valence-electron chi connectivity index (χ2n) is 14.6. The molecule has 0 bridgehead atoms. The van der Waals surface area contributed by atoms with Gasteiger partial charge in [-0.2, -0.15) is 0 Å². The molecule has 0 aromatic rings. The molecule has 1 unspecified atom stereocenters. The fourth-order valence-electron chi connectivity index (χ4n) is 5.52. The minimum absolute atomic E-state index is 0.131. The summed E-state index contributed by atoms with van der Waals surface area (Å²) in [6.07, 6.45) is 68.3. The fourth-order valence-corrected chi connectivity index (χ4v) is 5.52. The molecular weight excluding hydrogens is 757 g/mol. The molecule has 0 radical (unpaired) electrons. The van der Waals surface area contributed by atoms with Gasteiger partial charge < -0.3 is 14.2 Å². The van der Waals surface area contributed by atoms with Crippen molar-refractivity contribution in [2.75, 3.05) is 13.2 Å². The lowest BCUT2D eigenvalue weighted by atomic mass is 10.1. The summed E-state index contributed by atoms with van der Waals surface area (Å²) in [6.45, 7) is 6.12. The first-order valence-electron chi connectivity index (χ1n) is 23.4. The third-order valence-corrected chi connectivity index (χ3v) is 8.95. The number of allylic oxidation sites excluding steroid dienone is 24. The van der Waals surface area contributed by atoms with E-state index in [1.807, 2.05) is 48.6 Å². The monoisotopic (exact) mass is 839 g/mol. The van der Waals surface area contributed by atoms with Crippen molar-refractivity contribution in [1.82, 2.24) is 0 Å². The van der Waals surface area contributed by atoms with Crippen LogP contribution in [0.15, 0.2) is 146 Å². The zero-order valence-electron chi connectivity index (χ0n) is 38.4. The molecule has 0 amide bonds. The average molecular weight is 839 g/mol. The second-order valence-corrected chi connectivity index (χ2v) is 14.6. The van der Waals surface area contributed by atoms with Crippen LogP contribution in [0.25, 0.3) is 0 Å². The molecule has 0 aliphatic carbocycles. The minimum atomic E-state index is -0.834. The van der Waals surface area contributed by atoms with E-state index in [9.17, 15) is 14.4 Å². The van der Waals surface area contributed by atoms with Gasteiger partial charge in [0.05, 0.1) is 0 Å². The van der Waals surface area contributed by atoms with E-state index in [2.05, 4.69) is 118 Å². The molecule has 0 fully saturated rings. The Hall–Kier alpha value is -4.71. The predicted octanol–water partition coefficient (Wildman–Crippen LogP) is 15.3. The van der Waals surface area contributed by atoms with E-state index in [1.54, 1.807) is 0 Å². The van der Waals surface area contributed by atoms with Crippen LogP contribution in [0.1, 0.15) is 162 Å². The van der Waals surface area contributed by atoms with Crippen LogP contribution in [0.5, 0.6) is 0 Å². The van der Waals surface area contributed by atoms with E-state index in [0.29, 0.717) is 19.3 Å². The third-order valence-electron chi connectivity index (χ3n) is 8.95. The molecule has 0 spiro atoms. The van der Waals surface area contributed by atoms with E-state index in [4.69, 9.17) is 14.2 Å². The number of esters is 3. The van der Waals surface area contributed by atoms with Crippen molar-refractivity contribution in [3.8, 4) is 0 Å². The molecule has 0 aromatic carbocycles. The standard InChI is InChI=1S/C55H82O6/c1-4-7-10-13-16-19-22-25-27-29-30-33-36-39-42-45-48-54(57)60-51-52(50-59-53(56)47-44-41-38-35-32-24-21-18-15-12-9-6-3)61-55(58)49-46-43-40-37-34-31-28-26-23-20-17-14-11-8-5-2/h7-12,14,16-21,23,25-28,30-35,52H,4-6,13,15,22,24,29,36-51H2,1-3H3/b10-7-,11-8-,12-9-,17-14-,19-16-,21-18-,23-20-,27-25-,28-26-,33-30-,34-31-,35-32-. The van der Waals surface area contributed by atoms with E-state index < -0.39 is 6.10 Å². The smallest absolute Gasteiger partial charge is 0.306 e. The Morgan fingerprint density at radius 1 is 0.344 bits per heavy atom. The molecule has 338 valence electrons. The first kappa shape index (κ1) is 56.3. The van der Waals surface area contributed by atoms with Gasteiger partial charge >= 0.3 is 17.9 Å². The van der Waals surface area contributed by atoms with E-state index in [-0.39, 0.29) is 44.0 Å². The van der Waals surface area contributed by atoms with Gasteiger partial charge in [-0.05, 0) is 109 Å². The van der Waals surface area contributed by atoms with Gasteiger partial charge in [0.1, 0.15) is 13.2 Å². The van der Waals surface area contributed by atoms with Crippen molar-refractivity contribution < 1.29 is 28.6 Å². The van der Waals surface area contributed by atoms with Crippen LogP contribution in [-0.4, -0.2) is 37.2 Å². The van der Waals surface area contributed by atoms with Crippen molar-refractivity contribution in [2.24, 2.45) is 0 Å². The van der Waals surface area contributed by atoms with Crippen LogP contribution >= 0.6 is 0 Å². The Bertz CT molecular complexity index is 1430. The maximum Gasteiger partial charge on any atom is 0.306 e. The van der Waals surface area contributed by atoms with Gasteiger partial charge in [-0.25, -0.2) is 0 Å². The molecule has 0 saturated carbocycles. The van der Waals surface area contributed by atoms with Gasteiger partial charge in [-0.15, -0.1) is 0 Å². The van der Waals surface area contributed by atoms with Crippen molar-refractivity contribution in [1.29, 1.82) is 0 Å². The highest BCUT2D eigenvalue weighted by Gasteiger charge is 2.19.